The van der Waals surface area contributed by atoms with E-state index in [2.05, 4.69) is 21.1 Å². The first-order chi connectivity index (χ1) is 22.0. The fourth-order valence-corrected chi connectivity index (χ4v) is 5.64. The maximum Gasteiger partial charge on any atom is 0.264 e. The fourth-order valence-electron chi connectivity index (χ4n) is 5.64. The predicted molar refractivity (Wildman–Crippen MR) is 165 cm³/mol. The summed E-state index contributed by atoms with van der Waals surface area (Å²) in [6.45, 7) is 7.12. The third-order valence-electron chi connectivity index (χ3n) is 7.90. The summed E-state index contributed by atoms with van der Waals surface area (Å²) < 4.78 is 55.9. The molecule has 2 N–H and O–H groups in total. The number of nitriles is 1. The number of benzene rings is 2. The van der Waals surface area contributed by atoms with Gasteiger partial charge in [0.15, 0.2) is 17.2 Å². The number of carbonyl (C=O) groups excluding carboxylic acids is 1. The number of nitrogens with two attached hydrogens (primary N) is 1. The normalized spacial score (nSPS) is 15.4. The second-order valence-electron chi connectivity index (χ2n) is 11.5. The first-order valence-corrected chi connectivity index (χ1v) is 15.0. The van der Waals surface area contributed by atoms with Gasteiger partial charge in [0.1, 0.15) is 41.0 Å². The molecule has 13 heteroatoms. The molecule has 0 unspecified atom stereocenters. The van der Waals surface area contributed by atoms with E-state index in [0.29, 0.717) is 43.4 Å². The molecule has 2 aromatic carbocycles. The van der Waals surface area contributed by atoms with Crippen LogP contribution < -0.4 is 10.5 Å². The van der Waals surface area contributed by atoms with Crippen LogP contribution in [0.4, 0.5) is 19.0 Å². The predicted octanol–water partition coefficient (Wildman–Crippen LogP) is 6.32. The van der Waals surface area contributed by atoms with Crippen molar-refractivity contribution < 1.29 is 27.4 Å². The van der Waals surface area contributed by atoms with Crippen LogP contribution in [0, 0.1) is 28.8 Å². The van der Waals surface area contributed by atoms with Crippen molar-refractivity contribution in [1.29, 1.82) is 5.26 Å². The van der Waals surface area contributed by atoms with Crippen LogP contribution in [0.3, 0.4) is 0 Å². The number of nitrogen functional groups attached to an aromatic ring is 1. The minimum absolute atomic E-state index is 0.0541. The third-order valence-corrected chi connectivity index (χ3v) is 7.90. The summed E-state index contributed by atoms with van der Waals surface area (Å²) in [5.41, 5.74) is 6.47. The van der Waals surface area contributed by atoms with Crippen molar-refractivity contribution in [2.45, 2.75) is 64.6 Å². The minimum Gasteiger partial charge on any atom is -0.454 e. The topological polar surface area (TPSA) is 132 Å². The number of aromatic nitrogens is 4. The molecule has 0 aliphatic carbocycles. The second kappa shape index (κ2) is 13.6. The van der Waals surface area contributed by atoms with Crippen LogP contribution in [-0.2, 0) is 16.1 Å². The summed E-state index contributed by atoms with van der Waals surface area (Å²) >= 11 is 0. The van der Waals surface area contributed by atoms with Crippen molar-refractivity contribution in [2.24, 2.45) is 0 Å². The Hall–Kier alpha value is -4.96. The summed E-state index contributed by atoms with van der Waals surface area (Å²) in [4.78, 5) is 23.6. The number of hydrogen-bond donors (Lipinski definition) is 1. The van der Waals surface area contributed by atoms with Gasteiger partial charge in [0.05, 0.1) is 23.6 Å². The van der Waals surface area contributed by atoms with Crippen LogP contribution in [0.25, 0.3) is 22.3 Å². The molecule has 3 heterocycles. The van der Waals surface area contributed by atoms with Gasteiger partial charge in [0.2, 0.25) is 5.82 Å². The van der Waals surface area contributed by atoms with Crippen molar-refractivity contribution >= 4 is 22.8 Å². The van der Waals surface area contributed by atoms with Crippen LogP contribution in [0.5, 0.6) is 11.5 Å². The lowest BCUT2D eigenvalue weighted by molar-refractivity contribution is -0.127. The smallest absolute Gasteiger partial charge is 0.264 e. The van der Waals surface area contributed by atoms with Gasteiger partial charge < -0.3 is 20.1 Å². The van der Waals surface area contributed by atoms with Gasteiger partial charge in [-0.3, -0.25) is 4.79 Å². The monoisotopic (exact) mass is 633 g/mol. The van der Waals surface area contributed by atoms with Gasteiger partial charge in [-0.15, -0.1) is 0 Å². The van der Waals surface area contributed by atoms with Gasteiger partial charge in [0, 0.05) is 24.8 Å². The molecule has 10 nitrogen and oxygen atoms in total. The first kappa shape index (κ1) is 32.4. The standard InChI is InChI=1S/C33H34F3N7O3/c1-4-45-33(2,3)14-6-8-20(17-37)32(44)42-15-7-9-21(42)18-43-31-27(30(38)39-19-40-31)29(41-43)23-13-12-22(16-25(23)35)46-26-11-5-10-24(34)28(26)36/h5,8,10-13,16,19,21H,4,6-7,9,14-15,18H2,1-3H3,(H2,38,39,40)/b20-8+/t21-/m1/s1. The van der Waals surface area contributed by atoms with Crippen molar-refractivity contribution in [3.63, 3.8) is 0 Å². The van der Waals surface area contributed by atoms with E-state index in [1.165, 1.54) is 30.6 Å². The SMILES string of the molecule is CCOC(C)(C)CC/C=C(\C#N)C(=O)N1CCC[C@@H]1Cn1nc(-c2ccc(Oc3cccc(F)c3F)cc2F)c2c(N)ncnc21. The lowest BCUT2D eigenvalue weighted by Gasteiger charge is -2.25. The lowest BCUT2D eigenvalue weighted by Crippen LogP contribution is -2.39. The number of likely N-dealkylation sites (tertiary alicyclic amines) is 1. The molecule has 0 spiro atoms. The first-order valence-electron chi connectivity index (χ1n) is 15.0. The average molecular weight is 634 g/mol. The van der Waals surface area contributed by atoms with Gasteiger partial charge in [-0.25, -0.2) is 23.4 Å². The number of rotatable bonds is 11. The van der Waals surface area contributed by atoms with E-state index in [1.54, 1.807) is 15.7 Å². The number of amides is 1. The summed E-state index contributed by atoms with van der Waals surface area (Å²) in [7, 11) is 0. The van der Waals surface area contributed by atoms with Crippen molar-refractivity contribution in [3.8, 4) is 28.8 Å². The fraction of sp³-hybridized carbons (Fsp3) is 0.364. The van der Waals surface area contributed by atoms with Gasteiger partial charge in [-0.2, -0.15) is 14.8 Å². The summed E-state index contributed by atoms with van der Waals surface area (Å²) in [5, 5.41) is 14.8. The summed E-state index contributed by atoms with van der Waals surface area (Å²) in [6.07, 6.45) is 5.49. The van der Waals surface area contributed by atoms with Crippen LogP contribution in [0.1, 0.15) is 46.5 Å². The summed E-state index contributed by atoms with van der Waals surface area (Å²) in [5.74, 6) is -3.76. The highest BCUT2D eigenvalue weighted by Gasteiger charge is 2.32. The number of carbonyl (C=O) groups is 1. The van der Waals surface area contributed by atoms with E-state index in [0.717, 1.165) is 18.6 Å². The van der Waals surface area contributed by atoms with E-state index in [4.69, 9.17) is 15.2 Å². The quantitative estimate of drug-likeness (QED) is 0.150. The average Bonchev–Trinajstić information content (AvgIpc) is 3.63. The number of nitrogens with zero attached hydrogens (tertiary/aromatic N) is 6. The molecule has 2 aromatic heterocycles. The molecule has 5 rings (SSSR count). The van der Waals surface area contributed by atoms with Gasteiger partial charge in [-0.05, 0) is 70.7 Å². The van der Waals surface area contributed by atoms with Gasteiger partial charge in [0.25, 0.3) is 5.91 Å². The molecule has 1 atom stereocenters. The maximum absolute atomic E-state index is 15.5. The zero-order valence-corrected chi connectivity index (χ0v) is 25.8. The zero-order chi connectivity index (χ0) is 33.0. The van der Waals surface area contributed by atoms with Crippen molar-refractivity contribution in [2.75, 3.05) is 18.9 Å². The Labute approximate surface area is 264 Å². The number of halogens is 3. The highest BCUT2D eigenvalue weighted by molar-refractivity contribution is 5.99. The molecule has 1 fully saturated rings. The van der Waals surface area contributed by atoms with Crippen LogP contribution >= 0.6 is 0 Å². The van der Waals surface area contributed by atoms with Crippen molar-refractivity contribution in [1.82, 2.24) is 24.6 Å². The molecule has 0 bridgehead atoms. The lowest BCUT2D eigenvalue weighted by atomic mass is 10.0. The largest absolute Gasteiger partial charge is 0.454 e. The highest BCUT2D eigenvalue weighted by atomic mass is 19.2. The Morgan fingerprint density at radius 1 is 1.20 bits per heavy atom. The zero-order valence-electron chi connectivity index (χ0n) is 25.8. The second-order valence-corrected chi connectivity index (χ2v) is 11.5. The molecule has 4 aromatic rings. The molecule has 1 amide bonds. The van der Waals surface area contributed by atoms with Gasteiger partial charge in [-0.1, -0.05) is 12.1 Å². The Bertz CT molecular complexity index is 1830. The minimum atomic E-state index is -1.19. The van der Waals surface area contributed by atoms with E-state index < -0.39 is 17.5 Å². The molecule has 0 radical (unpaired) electrons. The highest BCUT2D eigenvalue weighted by Crippen LogP contribution is 2.35. The molecule has 1 aliphatic heterocycles. The van der Waals surface area contributed by atoms with Gasteiger partial charge >= 0.3 is 0 Å². The number of anilines is 1. The Balaban J connectivity index is 1.40. The van der Waals surface area contributed by atoms with E-state index in [9.17, 15) is 18.8 Å². The van der Waals surface area contributed by atoms with Crippen molar-refractivity contribution in [3.05, 3.63) is 71.8 Å². The Kier molecular flexibility index (Phi) is 9.57. The number of fused-ring (bicyclic) bond motifs is 1. The molecular weight excluding hydrogens is 599 g/mol. The van der Waals surface area contributed by atoms with E-state index >= 15 is 4.39 Å². The Morgan fingerprint density at radius 2 is 2.00 bits per heavy atom. The molecule has 1 aliphatic rings. The van der Waals surface area contributed by atoms with Crippen LogP contribution in [0.2, 0.25) is 0 Å². The van der Waals surface area contributed by atoms with Crippen LogP contribution in [0.15, 0.2) is 54.4 Å². The molecule has 46 heavy (non-hydrogen) atoms. The molecule has 240 valence electrons. The van der Waals surface area contributed by atoms with Crippen LogP contribution in [-0.4, -0.2) is 55.4 Å². The number of allylic oxidation sites excluding steroid dienone is 1. The number of hydrogen-bond acceptors (Lipinski definition) is 8. The summed E-state index contributed by atoms with van der Waals surface area (Å²) in [6, 6.07) is 9.03. The number of ether oxygens (including phenoxy) is 2. The van der Waals surface area contributed by atoms with E-state index in [1.807, 2.05) is 20.8 Å². The molecule has 1 saturated heterocycles. The third kappa shape index (κ3) is 6.82. The molecular formula is C33H34F3N7O3. The van der Waals surface area contributed by atoms with E-state index in [-0.39, 0.29) is 58.2 Å². The maximum atomic E-state index is 15.5. The molecule has 0 saturated carbocycles. The Morgan fingerprint density at radius 3 is 2.74 bits per heavy atom.